The van der Waals surface area contributed by atoms with Crippen molar-refractivity contribution in [1.29, 1.82) is 0 Å². The lowest BCUT2D eigenvalue weighted by Gasteiger charge is -2.42. The minimum Gasteiger partial charge on any atom is -0.462 e. The van der Waals surface area contributed by atoms with E-state index >= 15 is 0 Å². The Bertz CT molecular complexity index is 1480. The van der Waals surface area contributed by atoms with E-state index in [0.29, 0.717) is 19.3 Å². The van der Waals surface area contributed by atoms with Crippen molar-refractivity contribution in [3.63, 3.8) is 0 Å². The summed E-state index contributed by atoms with van der Waals surface area (Å²) < 4.78 is 33.5. The molecule has 0 amide bonds. The van der Waals surface area contributed by atoms with Crippen molar-refractivity contribution in [2.24, 2.45) is 0 Å². The Balaban J connectivity index is 1.82. The molecule has 2 rings (SSSR count). The summed E-state index contributed by atoms with van der Waals surface area (Å²) in [4.78, 5) is 25.8. The molecule has 0 spiro atoms. The van der Waals surface area contributed by atoms with Gasteiger partial charge < -0.3 is 64.2 Å². The topological polar surface area (TPSA) is 231 Å². The second-order valence-corrected chi connectivity index (χ2v) is 19.4. The van der Waals surface area contributed by atoms with Crippen LogP contribution in [0.25, 0.3) is 0 Å². The number of carbonyl (C=O) groups is 2. The molecule has 2 saturated heterocycles. The first kappa shape index (κ1) is 65.3. The quantitative estimate of drug-likeness (QED) is 0.0172. The number of unbranched alkanes of at least 4 members (excludes halogenated alkanes) is 19. The van der Waals surface area contributed by atoms with Gasteiger partial charge in [-0.3, -0.25) is 9.59 Å². The van der Waals surface area contributed by atoms with Gasteiger partial charge in [0.1, 0.15) is 55.4 Å². The number of aliphatic hydroxyl groups excluding tert-OH is 7. The van der Waals surface area contributed by atoms with Crippen LogP contribution in [-0.2, 0) is 38.0 Å². The Morgan fingerprint density at radius 1 is 0.444 bits per heavy atom. The van der Waals surface area contributed by atoms with Crippen molar-refractivity contribution in [3.8, 4) is 0 Å². The molecule has 2 aliphatic heterocycles. The van der Waals surface area contributed by atoms with E-state index in [1.54, 1.807) is 0 Å². The van der Waals surface area contributed by atoms with Gasteiger partial charge >= 0.3 is 11.9 Å². The van der Waals surface area contributed by atoms with Gasteiger partial charge in [-0.05, 0) is 64.2 Å². The smallest absolute Gasteiger partial charge is 0.306 e. The van der Waals surface area contributed by atoms with Crippen LogP contribution in [-0.4, -0.2) is 142 Å². The lowest BCUT2D eigenvalue weighted by molar-refractivity contribution is -0.332. The van der Waals surface area contributed by atoms with Crippen molar-refractivity contribution in [2.75, 3.05) is 26.4 Å². The maximum atomic E-state index is 13.0. The predicted molar refractivity (Wildman–Crippen MR) is 280 cm³/mol. The summed E-state index contributed by atoms with van der Waals surface area (Å²) in [6.45, 7) is 2.50. The Labute approximate surface area is 432 Å². The third kappa shape index (κ3) is 30.5. The van der Waals surface area contributed by atoms with Gasteiger partial charge in [0, 0.05) is 12.8 Å². The number of carbonyl (C=O) groups excluding carboxylic acids is 2. The fourth-order valence-electron chi connectivity index (χ4n) is 8.40. The lowest BCUT2D eigenvalue weighted by atomic mass is 9.98. The van der Waals surface area contributed by atoms with E-state index in [4.69, 9.17) is 28.4 Å². The first-order valence-electron chi connectivity index (χ1n) is 27.9. The molecule has 416 valence electrons. The summed E-state index contributed by atoms with van der Waals surface area (Å²) >= 11 is 0. The van der Waals surface area contributed by atoms with Crippen LogP contribution in [0, 0.1) is 0 Å². The molecule has 0 saturated carbocycles. The lowest BCUT2D eigenvalue weighted by Crippen LogP contribution is -2.61. The molecule has 7 N–H and O–H groups in total. The number of allylic oxidation sites excluding steroid dienone is 10. The summed E-state index contributed by atoms with van der Waals surface area (Å²) in [5.74, 6) is -1.05. The van der Waals surface area contributed by atoms with Gasteiger partial charge in [-0.1, -0.05) is 177 Å². The molecule has 0 bridgehead atoms. The molecule has 0 aliphatic carbocycles. The molecule has 2 aliphatic rings. The van der Waals surface area contributed by atoms with E-state index in [1.165, 1.54) is 109 Å². The van der Waals surface area contributed by atoms with Crippen LogP contribution in [0.2, 0.25) is 0 Å². The van der Waals surface area contributed by atoms with Gasteiger partial charge in [0.2, 0.25) is 0 Å². The molecule has 0 radical (unpaired) electrons. The van der Waals surface area contributed by atoms with Gasteiger partial charge in [-0.25, -0.2) is 0 Å². The number of hydrogen-bond donors (Lipinski definition) is 7. The van der Waals surface area contributed by atoms with E-state index in [-0.39, 0.29) is 19.4 Å². The van der Waals surface area contributed by atoms with Crippen LogP contribution >= 0.6 is 0 Å². The molecule has 11 atom stereocenters. The Morgan fingerprint density at radius 3 is 1.38 bits per heavy atom. The maximum Gasteiger partial charge on any atom is 0.306 e. The third-order valence-electron chi connectivity index (χ3n) is 13.0. The highest BCUT2D eigenvalue weighted by molar-refractivity contribution is 5.70. The molecule has 0 aromatic rings. The molecular weight excluding hydrogens is 925 g/mol. The van der Waals surface area contributed by atoms with E-state index < -0.39 is 99.3 Å². The zero-order valence-electron chi connectivity index (χ0n) is 44.1. The number of hydrogen-bond acceptors (Lipinski definition) is 15. The van der Waals surface area contributed by atoms with E-state index in [2.05, 4.69) is 56.4 Å². The molecule has 0 aromatic heterocycles. The maximum absolute atomic E-state index is 13.0. The van der Waals surface area contributed by atoms with Gasteiger partial charge in [0.25, 0.3) is 0 Å². The molecule has 2 fully saturated rings. The normalized spacial score (nSPS) is 25.5. The summed E-state index contributed by atoms with van der Waals surface area (Å²) in [6, 6.07) is 0. The molecule has 2 heterocycles. The van der Waals surface area contributed by atoms with Crippen LogP contribution in [0.4, 0.5) is 0 Å². The van der Waals surface area contributed by atoms with Crippen molar-refractivity contribution in [3.05, 3.63) is 60.8 Å². The fourth-order valence-corrected chi connectivity index (χ4v) is 8.40. The van der Waals surface area contributed by atoms with Crippen LogP contribution in [0.1, 0.15) is 194 Å². The molecular formula is C57H98O15. The first-order chi connectivity index (χ1) is 35.0. The predicted octanol–water partition coefficient (Wildman–Crippen LogP) is 8.83. The van der Waals surface area contributed by atoms with Crippen LogP contribution in [0.3, 0.4) is 0 Å². The van der Waals surface area contributed by atoms with Crippen molar-refractivity contribution < 1.29 is 73.8 Å². The second-order valence-electron chi connectivity index (χ2n) is 19.4. The number of esters is 2. The second kappa shape index (κ2) is 43.4. The highest BCUT2D eigenvalue weighted by Crippen LogP contribution is 2.26. The number of aliphatic hydroxyl groups is 7. The van der Waals surface area contributed by atoms with Crippen molar-refractivity contribution in [1.82, 2.24) is 0 Å². The highest BCUT2D eigenvalue weighted by Gasteiger charge is 2.47. The SMILES string of the molecule is CCCCCCCCC/C=C/C/C=C/C/C=C/C/C=C/CCCC(=O)O[C@H](COC(=O)CC/C=C/CCCCCCCCCCCCC)CO[C@H]1O[C@@H](CO[C@H]2O[C@@H](CO)[C@@H](O)C(O)C2O)[C@@H](O)C(O)C1O. The average Bonchev–Trinajstić information content (AvgIpc) is 3.37. The first-order valence-corrected chi connectivity index (χ1v) is 27.9. The van der Waals surface area contributed by atoms with Crippen molar-refractivity contribution >= 4 is 11.9 Å². The zero-order valence-corrected chi connectivity index (χ0v) is 44.1. The van der Waals surface area contributed by atoms with Crippen LogP contribution in [0.5, 0.6) is 0 Å². The third-order valence-corrected chi connectivity index (χ3v) is 13.0. The zero-order chi connectivity index (χ0) is 52.4. The molecule has 0 aromatic carbocycles. The van der Waals surface area contributed by atoms with Crippen molar-refractivity contribution in [2.45, 2.75) is 261 Å². The van der Waals surface area contributed by atoms with Gasteiger partial charge in [0.15, 0.2) is 18.7 Å². The summed E-state index contributed by atoms with van der Waals surface area (Å²) in [6.07, 6.45) is 34.1. The Hall–Kier alpha value is -2.80. The Morgan fingerprint density at radius 2 is 0.861 bits per heavy atom. The monoisotopic (exact) mass is 1020 g/mol. The van der Waals surface area contributed by atoms with Crippen LogP contribution in [0.15, 0.2) is 60.8 Å². The van der Waals surface area contributed by atoms with E-state index in [0.717, 1.165) is 38.5 Å². The summed E-state index contributed by atoms with van der Waals surface area (Å²) in [5, 5.41) is 72.2. The summed E-state index contributed by atoms with van der Waals surface area (Å²) in [5.41, 5.74) is 0. The highest BCUT2D eigenvalue weighted by atomic mass is 16.7. The largest absolute Gasteiger partial charge is 0.462 e. The minimum atomic E-state index is -1.78. The Kier molecular flexibility index (Phi) is 39.4. The average molecular weight is 1020 g/mol. The molecule has 15 nitrogen and oxygen atoms in total. The number of ether oxygens (including phenoxy) is 6. The van der Waals surface area contributed by atoms with Gasteiger partial charge in [0.05, 0.1) is 19.8 Å². The minimum absolute atomic E-state index is 0.0810. The van der Waals surface area contributed by atoms with E-state index in [1.807, 2.05) is 18.2 Å². The van der Waals surface area contributed by atoms with Gasteiger partial charge in [-0.15, -0.1) is 0 Å². The molecule has 15 heteroatoms. The van der Waals surface area contributed by atoms with Gasteiger partial charge in [-0.2, -0.15) is 0 Å². The standard InChI is InChI=1S/C57H98O15/c1-3-5-7-9-11-13-15-17-19-20-21-22-23-24-26-28-30-32-34-36-38-40-49(60)70-45(42-67-48(59)39-37-35-33-31-29-27-25-18-16-14-12-10-8-6-4-2)43-68-56-55(66)53(64)51(62)47(72-56)44-69-57-54(65)52(63)50(61)46(41-58)71-57/h19-20,22-23,26,28,32-35,45-47,50-58,61-66H,3-18,21,24-25,27,29-31,36-44H2,1-2H3/b20-19+,23-22+,28-26+,34-32+,35-33+/t45-,46+,47+,50-,51-,52?,53?,54?,55?,56+,57+/m1/s1. The number of rotatable bonds is 43. The summed E-state index contributed by atoms with van der Waals surface area (Å²) in [7, 11) is 0. The molecule has 4 unspecified atom stereocenters. The van der Waals surface area contributed by atoms with Crippen LogP contribution < -0.4 is 0 Å². The fraction of sp³-hybridized carbons (Fsp3) is 0.789. The molecule has 72 heavy (non-hydrogen) atoms. The van der Waals surface area contributed by atoms with E-state index in [9.17, 15) is 45.3 Å².